The van der Waals surface area contributed by atoms with Crippen molar-refractivity contribution >= 4 is 32.8 Å². The summed E-state index contributed by atoms with van der Waals surface area (Å²) in [5.74, 6) is -0.0363. The molecule has 0 radical (unpaired) electrons. The number of methoxy groups -OCH3 is 1. The van der Waals surface area contributed by atoms with Gasteiger partial charge in [0.15, 0.2) is 5.76 Å². The van der Waals surface area contributed by atoms with Crippen molar-refractivity contribution in [2.24, 2.45) is 0 Å². The van der Waals surface area contributed by atoms with E-state index in [4.69, 9.17) is 9.15 Å². The molecule has 0 saturated heterocycles. The van der Waals surface area contributed by atoms with Crippen molar-refractivity contribution in [2.45, 2.75) is 12.5 Å². The molecular formula is C14H16BrNO4. The molecule has 0 saturated carbocycles. The molecule has 2 N–H and O–H groups in total. The van der Waals surface area contributed by atoms with Gasteiger partial charge in [-0.05, 0) is 34.5 Å². The first-order valence-electron chi connectivity index (χ1n) is 6.25. The Hall–Kier alpha value is -1.37. The maximum absolute atomic E-state index is 11.9. The van der Waals surface area contributed by atoms with Crippen LogP contribution < -0.4 is 5.32 Å². The highest BCUT2D eigenvalue weighted by Gasteiger charge is 2.13. The highest BCUT2D eigenvalue weighted by molar-refractivity contribution is 9.10. The average molecular weight is 342 g/mol. The van der Waals surface area contributed by atoms with Crippen molar-refractivity contribution < 1.29 is 19.1 Å². The van der Waals surface area contributed by atoms with Crippen molar-refractivity contribution in [1.29, 1.82) is 0 Å². The van der Waals surface area contributed by atoms with Gasteiger partial charge in [-0.2, -0.15) is 0 Å². The molecule has 0 bridgehead atoms. The van der Waals surface area contributed by atoms with Gasteiger partial charge in [0, 0.05) is 19.0 Å². The van der Waals surface area contributed by atoms with E-state index in [1.54, 1.807) is 6.07 Å². The standard InChI is InChI=1S/C14H16BrNO4/c1-19-8-10(17)5-6-16-14(18)12-7-9-3-2-4-11(15)13(9)20-12/h2-4,7,10,17H,5-6,8H2,1H3,(H,16,18). The second-order valence-electron chi connectivity index (χ2n) is 4.42. The molecule has 0 aliphatic carbocycles. The maximum atomic E-state index is 11.9. The van der Waals surface area contributed by atoms with Crippen molar-refractivity contribution in [2.75, 3.05) is 20.3 Å². The first-order chi connectivity index (χ1) is 9.61. The van der Waals surface area contributed by atoms with Crippen LogP contribution >= 0.6 is 15.9 Å². The van der Waals surface area contributed by atoms with Crippen LogP contribution in [-0.4, -0.2) is 37.4 Å². The second kappa shape index (κ2) is 6.88. The smallest absolute Gasteiger partial charge is 0.287 e. The molecule has 2 rings (SSSR count). The lowest BCUT2D eigenvalue weighted by atomic mass is 10.2. The zero-order chi connectivity index (χ0) is 14.5. The molecule has 1 aromatic carbocycles. The molecule has 0 aliphatic rings. The minimum absolute atomic E-state index is 0.257. The first kappa shape index (κ1) is 15.0. The minimum Gasteiger partial charge on any atom is -0.450 e. The quantitative estimate of drug-likeness (QED) is 0.845. The summed E-state index contributed by atoms with van der Waals surface area (Å²) in [5.41, 5.74) is 0.650. The third kappa shape index (κ3) is 3.59. The molecule has 1 atom stereocenters. The predicted molar refractivity (Wildman–Crippen MR) is 78.7 cm³/mol. The predicted octanol–water partition coefficient (Wildman–Crippen LogP) is 2.32. The lowest BCUT2D eigenvalue weighted by Crippen LogP contribution is -2.28. The van der Waals surface area contributed by atoms with Crippen LogP contribution in [0, 0.1) is 0 Å². The fourth-order valence-electron chi connectivity index (χ4n) is 1.85. The molecule has 0 spiro atoms. The highest BCUT2D eigenvalue weighted by atomic mass is 79.9. The second-order valence-corrected chi connectivity index (χ2v) is 5.28. The molecule has 0 fully saturated rings. The van der Waals surface area contributed by atoms with E-state index < -0.39 is 6.10 Å². The molecule has 0 aliphatic heterocycles. The van der Waals surface area contributed by atoms with Crippen molar-refractivity contribution in [3.8, 4) is 0 Å². The van der Waals surface area contributed by atoms with E-state index in [0.29, 0.717) is 18.5 Å². The molecule has 1 unspecified atom stereocenters. The third-order valence-electron chi connectivity index (χ3n) is 2.84. The molecule has 6 heteroatoms. The maximum Gasteiger partial charge on any atom is 0.287 e. The summed E-state index contributed by atoms with van der Waals surface area (Å²) in [6.07, 6.45) is -0.145. The number of aliphatic hydroxyl groups excluding tert-OH is 1. The van der Waals surface area contributed by atoms with Gasteiger partial charge in [-0.25, -0.2) is 0 Å². The molecule has 2 aromatic rings. The number of hydrogen-bond donors (Lipinski definition) is 2. The van der Waals surface area contributed by atoms with Crippen LogP contribution in [0.15, 0.2) is 33.2 Å². The Bertz CT molecular complexity index is 596. The van der Waals surface area contributed by atoms with Crippen LogP contribution in [0.1, 0.15) is 17.0 Å². The number of carbonyl (C=O) groups excluding carboxylic acids is 1. The van der Waals surface area contributed by atoms with Gasteiger partial charge in [0.2, 0.25) is 0 Å². The van der Waals surface area contributed by atoms with Crippen molar-refractivity contribution in [1.82, 2.24) is 5.32 Å². The number of carbonyl (C=O) groups is 1. The monoisotopic (exact) mass is 341 g/mol. The summed E-state index contributed by atoms with van der Waals surface area (Å²) in [4.78, 5) is 11.9. The van der Waals surface area contributed by atoms with E-state index >= 15 is 0 Å². The number of hydrogen-bond acceptors (Lipinski definition) is 4. The minimum atomic E-state index is -0.579. The van der Waals surface area contributed by atoms with Crippen LogP contribution in [0.4, 0.5) is 0 Å². The number of amides is 1. The molecule has 1 amide bonds. The van der Waals surface area contributed by atoms with Gasteiger partial charge in [-0.15, -0.1) is 0 Å². The van der Waals surface area contributed by atoms with E-state index in [0.717, 1.165) is 9.86 Å². The molecule has 5 nitrogen and oxygen atoms in total. The normalized spacial score (nSPS) is 12.6. The van der Waals surface area contributed by atoms with Crippen LogP contribution in [0.2, 0.25) is 0 Å². The summed E-state index contributed by atoms with van der Waals surface area (Å²) in [6, 6.07) is 7.31. The SMILES string of the molecule is COCC(O)CCNC(=O)c1cc2cccc(Br)c2o1. The van der Waals surface area contributed by atoms with Gasteiger partial charge in [0.1, 0.15) is 5.58 Å². The Labute approximate surface area is 125 Å². The van der Waals surface area contributed by atoms with Crippen molar-refractivity contribution in [3.05, 3.63) is 34.5 Å². The number of rotatable bonds is 6. The summed E-state index contributed by atoms with van der Waals surface area (Å²) in [7, 11) is 1.52. The fraction of sp³-hybridized carbons (Fsp3) is 0.357. The van der Waals surface area contributed by atoms with E-state index in [9.17, 15) is 9.90 Å². The van der Waals surface area contributed by atoms with Crippen molar-refractivity contribution in [3.63, 3.8) is 0 Å². The lowest BCUT2D eigenvalue weighted by molar-refractivity contribution is 0.0586. The zero-order valence-corrected chi connectivity index (χ0v) is 12.6. The number of furan rings is 1. The van der Waals surface area contributed by atoms with Gasteiger partial charge in [0.25, 0.3) is 5.91 Å². The van der Waals surface area contributed by atoms with Crippen LogP contribution in [0.3, 0.4) is 0 Å². The molecular weight excluding hydrogens is 326 g/mol. The summed E-state index contributed by atoms with van der Waals surface area (Å²) >= 11 is 3.38. The number of benzene rings is 1. The average Bonchev–Trinajstić information content (AvgIpc) is 2.84. The van der Waals surface area contributed by atoms with E-state index in [-0.39, 0.29) is 18.3 Å². The van der Waals surface area contributed by atoms with E-state index in [1.165, 1.54) is 7.11 Å². The number of nitrogens with one attached hydrogen (secondary N) is 1. The van der Waals surface area contributed by atoms with Gasteiger partial charge < -0.3 is 19.6 Å². The summed E-state index contributed by atoms with van der Waals surface area (Å²) in [5, 5.41) is 13.0. The largest absolute Gasteiger partial charge is 0.450 e. The number of ether oxygens (including phenoxy) is 1. The Balaban J connectivity index is 1.96. The van der Waals surface area contributed by atoms with E-state index in [1.807, 2.05) is 18.2 Å². The Morgan fingerprint density at radius 3 is 3.05 bits per heavy atom. The van der Waals surface area contributed by atoms with Crippen LogP contribution in [-0.2, 0) is 4.74 Å². The Morgan fingerprint density at radius 2 is 2.35 bits per heavy atom. The summed E-state index contributed by atoms with van der Waals surface area (Å²) < 4.78 is 11.1. The van der Waals surface area contributed by atoms with Gasteiger partial charge in [-0.3, -0.25) is 4.79 Å². The Morgan fingerprint density at radius 1 is 1.55 bits per heavy atom. The number of fused-ring (bicyclic) bond motifs is 1. The third-order valence-corrected chi connectivity index (χ3v) is 3.47. The molecule has 108 valence electrons. The highest BCUT2D eigenvalue weighted by Crippen LogP contribution is 2.26. The molecule has 20 heavy (non-hydrogen) atoms. The number of aliphatic hydroxyl groups is 1. The zero-order valence-electron chi connectivity index (χ0n) is 11.1. The number of para-hydroxylation sites is 1. The van der Waals surface area contributed by atoms with Crippen LogP contribution in [0.25, 0.3) is 11.0 Å². The Kier molecular flexibility index (Phi) is 5.17. The van der Waals surface area contributed by atoms with E-state index in [2.05, 4.69) is 21.2 Å². The van der Waals surface area contributed by atoms with Gasteiger partial charge >= 0.3 is 0 Å². The number of halogens is 1. The molecule has 1 aromatic heterocycles. The lowest BCUT2D eigenvalue weighted by Gasteiger charge is -2.09. The molecule has 1 heterocycles. The summed E-state index contributed by atoms with van der Waals surface area (Å²) in [6.45, 7) is 0.620. The topological polar surface area (TPSA) is 71.7 Å². The van der Waals surface area contributed by atoms with Gasteiger partial charge in [0.05, 0.1) is 17.2 Å². The first-order valence-corrected chi connectivity index (χ1v) is 7.04. The fourth-order valence-corrected chi connectivity index (χ4v) is 2.32. The van der Waals surface area contributed by atoms with Gasteiger partial charge in [-0.1, -0.05) is 12.1 Å². The van der Waals surface area contributed by atoms with Crippen LogP contribution in [0.5, 0.6) is 0 Å².